The van der Waals surface area contributed by atoms with Gasteiger partial charge in [0.2, 0.25) is 11.7 Å². The van der Waals surface area contributed by atoms with Gasteiger partial charge in [0.1, 0.15) is 5.92 Å². The number of benzene rings is 2. The van der Waals surface area contributed by atoms with Gasteiger partial charge in [0.15, 0.2) is 0 Å². The third kappa shape index (κ3) is 5.54. The minimum absolute atomic E-state index is 0.0980. The summed E-state index contributed by atoms with van der Waals surface area (Å²) >= 11 is 18.0. The van der Waals surface area contributed by atoms with Gasteiger partial charge in [0.25, 0.3) is 5.91 Å². The smallest absolute Gasteiger partial charge is 0.290 e. The minimum atomic E-state index is -0.964. The zero-order chi connectivity index (χ0) is 21.7. The highest BCUT2D eigenvalue weighted by Gasteiger charge is 2.42. The summed E-state index contributed by atoms with van der Waals surface area (Å²) in [4.78, 5) is 38.3. The van der Waals surface area contributed by atoms with Gasteiger partial charge in [-0.1, -0.05) is 59.1 Å². The van der Waals surface area contributed by atoms with E-state index in [1.54, 1.807) is 18.2 Å². The Hall–Kier alpha value is -2.08. The number of aryl methyl sites for hydroxylation is 1. The van der Waals surface area contributed by atoms with Crippen molar-refractivity contribution in [2.45, 2.75) is 19.3 Å². The van der Waals surface area contributed by atoms with Crippen molar-refractivity contribution in [3.63, 3.8) is 0 Å². The summed E-state index contributed by atoms with van der Waals surface area (Å²) in [5, 5.41) is 4.36. The van der Waals surface area contributed by atoms with Gasteiger partial charge >= 0.3 is 0 Å². The van der Waals surface area contributed by atoms with E-state index in [2.05, 4.69) is 5.32 Å². The number of ketones is 1. The third-order valence-corrected chi connectivity index (χ3v) is 6.18. The van der Waals surface area contributed by atoms with E-state index in [0.29, 0.717) is 47.4 Å². The van der Waals surface area contributed by atoms with Crippen LogP contribution in [0.15, 0.2) is 42.5 Å². The number of nitrogens with one attached hydrogen (secondary N) is 1. The molecule has 0 aromatic heterocycles. The van der Waals surface area contributed by atoms with Gasteiger partial charge < -0.3 is 10.2 Å². The van der Waals surface area contributed by atoms with Gasteiger partial charge in [-0.15, -0.1) is 0 Å². The van der Waals surface area contributed by atoms with Crippen molar-refractivity contribution < 1.29 is 14.4 Å². The Kier molecular flexibility index (Phi) is 7.75. The molecule has 1 atom stereocenters. The number of Topliss-reactive ketones (excluding diaryl/α,β-unsaturated/α-hetero) is 1. The average Bonchev–Trinajstić information content (AvgIpc) is 3.01. The predicted octanol–water partition coefficient (Wildman–Crippen LogP) is 3.97. The number of halogens is 3. The molecule has 1 aliphatic rings. The molecule has 0 radical (unpaired) electrons. The van der Waals surface area contributed by atoms with E-state index in [9.17, 15) is 14.4 Å². The first kappa shape index (κ1) is 22.6. The highest BCUT2D eigenvalue weighted by atomic mass is 35.5. The van der Waals surface area contributed by atoms with Crippen LogP contribution >= 0.6 is 34.8 Å². The summed E-state index contributed by atoms with van der Waals surface area (Å²) in [6, 6.07) is 12.8. The molecule has 3 rings (SSSR count). The van der Waals surface area contributed by atoms with Crippen LogP contribution in [-0.4, -0.2) is 42.1 Å². The summed E-state index contributed by atoms with van der Waals surface area (Å²) in [6.07, 6.45) is 1.91. The first-order valence-electron chi connectivity index (χ1n) is 9.65. The Morgan fingerprint density at radius 1 is 1.00 bits per heavy atom. The molecule has 0 bridgehead atoms. The van der Waals surface area contributed by atoms with E-state index in [1.165, 1.54) is 4.90 Å². The van der Waals surface area contributed by atoms with Crippen molar-refractivity contribution in [3.05, 3.63) is 68.7 Å². The molecule has 1 unspecified atom stereocenters. The number of hydrogen-bond acceptors (Lipinski definition) is 3. The Labute approximate surface area is 190 Å². The Morgan fingerprint density at radius 2 is 1.77 bits per heavy atom. The molecule has 8 heteroatoms. The van der Waals surface area contributed by atoms with E-state index in [4.69, 9.17) is 34.8 Å². The number of hydrogen-bond donors (Lipinski definition) is 1. The molecule has 1 aliphatic heterocycles. The quantitative estimate of drug-likeness (QED) is 0.363. The van der Waals surface area contributed by atoms with Crippen LogP contribution in [0.4, 0.5) is 0 Å². The van der Waals surface area contributed by atoms with E-state index < -0.39 is 23.5 Å². The van der Waals surface area contributed by atoms with E-state index >= 15 is 0 Å². The molecule has 2 amide bonds. The molecule has 30 heavy (non-hydrogen) atoms. The lowest BCUT2D eigenvalue weighted by Crippen LogP contribution is -2.36. The van der Waals surface area contributed by atoms with E-state index in [-0.39, 0.29) is 6.54 Å². The fourth-order valence-electron chi connectivity index (χ4n) is 3.36. The SMILES string of the molecule is O=C(NCCCc1ccc(Cl)c(Cl)c1)C1CN(CCc2ccccc2Cl)C(=O)C1=O. The van der Waals surface area contributed by atoms with Gasteiger partial charge in [0.05, 0.1) is 10.0 Å². The van der Waals surface area contributed by atoms with Crippen LogP contribution in [0.3, 0.4) is 0 Å². The van der Waals surface area contributed by atoms with Crippen LogP contribution in [0.2, 0.25) is 15.1 Å². The van der Waals surface area contributed by atoms with Gasteiger partial charge in [-0.25, -0.2) is 0 Å². The normalized spacial score (nSPS) is 16.2. The Morgan fingerprint density at radius 3 is 2.50 bits per heavy atom. The summed E-state index contributed by atoms with van der Waals surface area (Å²) in [5.41, 5.74) is 1.91. The zero-order valence-electron chi connectivity index (χ0n) is 16.2. The zero-order valence-corrected chi connectivity index (χ0v) is 18.4. The molecule has 2 aromatic carbocycles. The number of likely N-dealkylation sites (tertiary alicyclic amines) is 1. The summed E-state index contributed by atoms with van der Waals surface area (Å²) in [5.74, 6) is -2.65. The third-order valence-electron chi connectivity index (χ3n) is 5.07. The summed E-state index contributed by atoms with van der Waals surface area (Å²) in [7, 11) is 0. The van der Waals surface area contributed by atoms with Crippen LogP contribution in [0.25, 0.3) is 0 Å². The van der Waals surface area contributed by atoms with Crippen LogP contribution < -0.4 is 5.32 Å². The lowest BCUT2D eigenvalue weighted by atomic mass is 10.1. The highest BCUT2D eigenvalue weighted by molar-refractivity contribution is 6.42. The fraction of sp³-hybridized carbons (Fsp3) is 0.318. The van der Waals surface area contributed by atoms with E-state index in [1.807, 2.05) is 24.3 Å². The molecular weight excluding hydrogens is 447 g/mol. The number of rotatable bonds is 8. The maximum atomic E-state index is 12.4. The first-order valence-corrected chi connectivity index (χ1v) is 10.8. The Balaban J connectivity index is 1.46. The molecule has 158 valence electrons. The van der Waals surface area contributed by atoms with Gasteiger partial charge in [-0.05, 0) is 48.6 Å². The predicted molar refractivity (Wildman–Crippen MR) is 118 cm³/mol. The van der Waals surface area contributed by atoms with Crippen LogP contribution in [0.1, 0.15) is 17.5 Å². The molecule has 0 saturated carbocycles. The first-order chi connectivity index (χ1) is 14.4. The molecule has 0 aliphatic carbocycles. The average molecular weight is 468 g/mol. The monoisotopic (exact) mass is 466 g/mol. The second-order valence-corrected chi connectivity index (χ2v) is 8.37. The fourth-order valence-corrected chi connectivity index (χ4v) is 3.92. The molecule has 0 spiro atoms. The lowest BCUT2D eigenvalue weighted by Gasteiger charge is -2.16. The number of amides is 2. The lowest BCUT2D eigenvalue weighted by molar-refractivity contribution is -0.142. The van der Waals surface area contributed by atoms with Gasteiger partial charge in [-0.2, -0.15) is 0 Å². The van der Waals surface area contributed by atoms with Crippen molar-refractivity contribution in [1.82, 2.24) is 10.2 Å². The maximum absolute atomic E-state index is 12.4. The van der Waals surface area contributed by atoms with Crippen LogP contribution in [0.5, 0.6) is 0 Å². The van der Waals surface area contributed by atoms with Crippen molar-refractivity contribution in [3.8, 4) is 0 Å². The standard InChI is InChI=1S/C22H21Cl3N2O3/c23-17-6-2-1-5-15(17)9-11-27-13-16(20(28)22(27)30)21(29)26-10-3-4-14-7-8-18(24)19(25)12-14/h1-2,5-8,12,16H,3-4,9-11,13H2,(H,26,29). The van der Waals surface area contributed by atoms with Crippen LogP contribution in [0, 0.1) is 5.92 Å². The van der Waals surface area contributed by atoms with Crippen molar-refractivity contribution in [1.29, 1.82) is 0 Å². The molecular formula is C22H21Cl3N2O3. The molecule has 1 heterocycles. The van der Waals surface area contributed by atoms with Crippen molar-refractivity contribution >= 4 is 52.4 Å². The Bertz CT molecular complexity index is 964. The molecule has 2 aromatic rings. The number of carbonyl (C=O) groups excluding carboxylic acids is 3. The molecule has 1 N–H and O–H groups in total. The van der Waals surface area contributed by atoms with Gasteiger partial charge in [-0.3, -0.25) is 14.4 Å². The molecule has 1 fully saturated rings. The second-order valence-electron chi connectivity index (χ2n) is 7.15. The summed E-state index contributed by atoms with van der Waals surface area (Å²) < 4.78 is 0. The van der Waals surface area contributed by atoms with Crippen molar-refractivity contribution in [2.24, 2.45) is 5.92 Å². The highest BCUT2D eigenvalue weighted by Crippen LogP contribution is 2.23. The molecule has 1 saturated heterocycles. The number of nitrogens with zero attached hydrogens (tertiary/aromatic N) is 1. The molecule has 5 nitrogen and oxygen atoms in total. The van der Waals surface area contributed by atoms with Crippen LogP contribution in [-0.2, 0) is 27.2 Å². The number of carbonyl (C=O) groups is 3. The second kappa shape index (κ2) is 10.3. The van der Waals surface area contributed by atoms with E-state index in [0.717, 1.165) is 11.1 Å². The van der Waals surface area contributed by atoms with Gasteiger partial charge in [0, 0.05) is 24.7 Å². The maximum Gasteiger partial charge on any atom is 0.290 e. The largest absolute Gasteiger partial charge is 0.355 e. The summed E-state index contributed by atoms with van der Waals surface area (Å²) in [6.45, 7) is 0.840. The van der Waals surface area contributed by atoms with Crippen molar-refractivity contribution in [2.75, 3.05) is 19.6 Å². The minimum Gasteiger partial charge on any atom is -0.355 e. The topological polar surface area (TPSA) is 66.5 Å².